The van der Waals surface area contributed by atoms with Crippen molar-refractivity contribution in [3.8, 4) is 0 Å². The summed E-state index contributed by atoms with van der Waals surface area (Å²) in [5, 5.41) is 0.704. The minimum Gasteiger partial charge on any atom is -0.301 e. The molecule has 4 aromatic rings. The van der Waals surface area contributed by atoms with E-state index >= 15 is 0 Å². The lowest BCUT2D eigenvalue weighted by Crippen LogP contribution is -2.36. The van der Waals surface area contributed by atoms with Gasteiger partial charge in [0.05, 0.1) is 6.04 Å². The van der Waals surface area contributed by atoms with Crippen molar-refractivity contribution >= 4 is 23.2 Å². The van der Waals surface area contributed by atoms with E-state index in [1.807, 2.05) is 108 Å². The summed E-state index contributed by atoms with van der Waals surface area (Å²) in [6, 6.07) is 37.1. The third-order valence-corrected chi connectivity index (χ3v) is 5.36. The maximum Gasteiger partial charge on any atom is 0.258 e. The number of hydrogen-bond donors (Lipinski definition) is 0. The number of nitrogens with zero attached hydrogens (tertiary/aromatic N) is 1. The quantitative estimate of drug-likeness (QED) is 0.335. The molecule has 0 saturated heterocycles. The van der Waals surface area contributed by atoms with Crippen LogP contribution in [0.4, 0.5) is 5.69 Å². The smallest absolute Gasteiger partial charge is 0.258 e. The van der Waals surface area contributed by atoms with Gasteiger partial charge in [0.15, 0.2) is 0 Å². The van der Waals surface area contributed by atoms with Crippen LogP contribution in [0.15, 0.2) is 115 Å². The van der Waals surface area contributed by atoms with Crippen molar-refractivity contribution in [1.82, 2.24) is 0 Å². The van der Waals surface area contributed by atoms with Gasteiger partial charge < -0.3 is 4.90 Å². The summed E-state index contributed by atoms with van der Waals surface area (Å²) in [5.41, 5.74) is 3.74. The molecular weight excluding hydrogens is 390 g/mol. The zero-order valence-electron chi connectivity index (χ0n) is 16.5. The zero-order chi connectivity index (χ0) is 20.8. The van der Waals surface area contributed by atoms with Crippen molar-refractivity contribution in [3.05, 3.63) is 137 Å². The Bertz CT molecular complexity index is 1080. The third-order valence-electron chi connectivity index (χ3n) is 5.11. The first-order valence-electron chi connectivity index (χ1n) is 9.95. The number of carbonyl (C=O) groups is 1. The molecule has 0 fully saturated rings. The highest BCUT2D eigenvalue weighted by Crippen LogP contribution is 2.32. The Kier molecular flexibility index (Phi) is 6.26. The van der Waals surface area contributed by atoms with Crippen molar-refractivity contribution in [3.63, 3.8) is 0 Å². The van der Waals surface area contributed by atoms with E-state index in [2.05, 4.69) is 12.1 Å². The van der Waals surface area contributed by atoms with E-state index in [9.17, 15) is 4.79 Å². The van der Waals surface area contributed by atoms with Crippen LogP contribution in [0.2, 0.25) is 5.02 Å². The Labute approximate surface area is 182 Å². The minimum atomic E-state index is -0.164. The van der Waals surface area contributed by atoms with E-state index in [0.717, 1.165) is 16.8 Å². The van der Waals surface area contributed by atoms with Gasteiger partial charge in [-0.3, -0.25) is 4.79 Å². The summed E-state index contributed by atoms with van der Waals surface area (Å²) < 4.78 is 0. The van der Waals surface area contributed by atoms with Crippen molar-refractivity contribution in [2.75, 3.05) is 4.90 Å². The van der Waals surface area contributed by atoms with Gasteiger partial charge in [-0.05, 0) is 53.9 Å². The van der Waals surface area contributed by atoms with Gasteiger partial charge in [0.1, 0.15) is 0 Å². The zero-order valence-corrected chi connectivity index (χ0v) is 17.2. The molecule has 0 aliphatic heterocycles. The first kappa shape index (κ1) is 19.9. The van der Waals surface area contributed by atoms with Gasteiger partial charge in [-0.25, -0.2) is 0 Å². The Hall–Kier alpha value is -3.36. The molecule has 0 heterocycles. The summed E-state index contributed by atoms with van der Waals surface area (Å²) in [5.74, 6) is -0.0235. The summed E-state index contributed by atoms with van der Waals surface area (Å²) in [7, 11) is 0. The molecule has 0 aliphatic rings. The molecule has 0 aliphatic carbocycles. The molecule has 148 valence electrons. The predicted octanol–water partition coefficient (Wildman–Crippen LogP) is 6.97. The molecule has 4 rings (SSSR count). The lowest BCUT2D eigenvalue weighted by molar-refractivity contribution is 0.0976. The van der Waals surface area contributed by atoms with E-state index in [1.165, 1.54) is 0 Å². The van der Waals surface area contributed by atoms with Crippen molar-refractivity contribution in [2.24, 2.45) is 0 Å². The fraction of sp³-hybridized carbons (Fsp3) is 0.0741. The SMILES string of the molecule is O=C(c1ccccc1)N(c1ccccc1)C(Cc1ccc(Cl)cc1)c1ccccc1. The first-order chi connectivity index (χ1) is 14.7. The minimum absolute atomic E-state index is 0.0235. The Morgan fingerprint density at radius 1 is 0.700 bits per heavy atom. The predicted molar refractivity (Wildman–Crippen MR) is 124 cm³/mol. The average Bonchev–Trinajstić information content (AvgIpc) is 2.82. The van der Waals surface area contributed by atoms with Gasteiger partial charge in [0, 0.05) is 16.3 Å². The molecule has 0 N–H and O–H groups in total. The van der Waals surface area contributed by atoms with Crippen LogP contribution in [-0.2, 0) is 6.42 Å². The Balaban J connectivity index is 1.82. The molecule has 4 aromatic carbocycles. The maximum absolute atomic E-state index is 13.7. The van der Waals surface area contributed by atoms with E-state index in [-0.39, 0.29) is 11.9 Å². The fourth-order valence-corrected chi connectivity index (χ4v) is 3.75. The van der Waals surface area contributed by atoms with Crippen LogP contribution < -0.4 is 4.90 Å². The molecule has 0 saturated carbocycles. The summed E-state index contributed by atoms with van der Waals surface area (Å²) in [4.78, 5) is 15.6. The molecule has 30 heavy (non-hydrogen) atoms. The van der Waals surface area contributed by atoms with Crippen LogP contribution in [0.25, 0.3) is 0 Å². The maximum atomic E-state index is 13.7. The molecule has 1 unspecified atom stereocenters. The van der Waals surface area contributed by atoms with Crippen molar-refractivity contribution < 1.29 is 4.79 Å². The van der Waals surface area contributed by atoms with Crippen LogP contribution in [0.3, 0.4) is 0 Å². The summed E-state index contributed by atoms with van der Waals surface area (Å²) in [6.45, 7) is 0. The highest BCUT2D eigenvalue weighted by atomic mass is 35.5. The lowest BCUT2D eigenvalue weighted by Gasteiger charge is -2.33. The number of hydrogen-bond acceptors (Lipinski definition) is 1. The highest BCUT2D eigenvalue weighted by molar-refractivity contribution is 6.30. The molecule has 0 aromatic heterocycles. The number of para-hydroxylation sites is 1. The summed E-state index contributed by atoms with van der Waals surface area (Å²) >= 11 is 6.09. The number of halogens is 1. The van der Waals surface area contributed by atoms with Gasteiger partial charge >= 0.3 is 0 Å². The monoisotopic (exact) mass is 411 g/mol. The van der Waals surface area contributed by atoms with Gasteiger partial charge in [0.25, 0.3) is 5.91 Å². The van der Waals surface area contributed by atoms with Crippen LogP contribution >= 0.6 is 11.6 Å². The number of benzene rings is 4. The second-order valence-electron chi connectivity index (χ2n) is 7.13. The molecule has 1 atom stereocenters. The number of carbonyl (C=O) groups excluding carboxylic acids is 1. The highest BCUT2D eigenvalue weighted by Gasteiger charge is 2.28. The lowest BCUT2D eigenvalue weighted by atomic mass is 9.96. The van der Waals surface area contributed by atoms with Crippen molar-refractivity contribution in [2.45, 2.75) is 12.5 Å². The average molecular weight is 412 g/mol. The first-order valence-corrected chi connectivity index (χ1v) is 10.3. The molecule has 0 radical (unpaired) electrons. The van der Waals surface area contributed by atoms with E-state index in [1.54, 1.807) is 0 Å². The van der Waals surface area contributed by atoms with Gasteiger partial charge in [0.2, 0.25) is 0 Å². The number of rotatable bonds is 6. The second kappa shape index (κ2) is 9.43. The second-order valence-corrected chi connectivity index (χ2v) is 7.57. The van der Waals surface area contributed by atoms with E-state index in [0.29, 0.717) is 17.0 Å². The van der Waals surface area contributed by atoms with Crippen LogP contribution in [0.5, 0.6) is 0 Å². The molecule has 3 heteroatoms. The van der Waals surface area contributed by atoms with Gasteiger partial charge in [-0.2, -0.15) is 0 Å². The standard InChI is InChI=1S/C27H22ClNO/c28-24-18-16-21(17-19-24)20-26(22-10-4-1-5-11-22)29(25-14-8-3-9-15-25)27(30)23-12-6-2-7-13-23/h1-19,26H,20H2. The molecule has 0 spiro atoms. The van der Waals surface area contributed by atoms with Gasteiger partial charge in [-0.1, -0.05) is 90.5 Å². The molecule has 1 amide bonds. The normalized spacial score (nSPS) is 11.6. The van der Waals surface area contributed by atoms with Crippen LogP contribution in [-0.4, -0.2) is 5.91 Å². The van der Waals surface area contributed by atoms with E-state index in [4.69, 9.17) is 11.6 Å². The van der Waals surface area contributed by atoms with E-state index < -0.39 is 0 Å². The Morgan fingerprint density at radius 2 is 1.23 bits per heavy atom. The molecule has 2 nitrogen and oxygen atoms in total. The Morgan fingerprint density at radius 3 is 1.83 bits per heavy atom. The summed E-state index contributed by atoms with van der Waals surface area (Å²) in [6.07, 6.45) is 0.675. The number of anilines is 1. The molecular formula is C27H22ClNO. The van der Waals surface area contributed by atoms with Crippen molar-refractivity contribution in [1.29, 1.82) is 0 Å². The number of amides is 1. The van der Waals surface area contributed by atoms with Crippen LogP contribution in [0, 0.1) is 0 Å². The van der Waals surface area contributed by atoms with Gasteiger partial charge in [-0.15, -0.1) is 0 Å². The topological polar surface area (TPSA) is 20.3 Å². The fourth-order valence-electron chi connectivity index (χ4n) is 3.62. The molecule has 0 bridgehead atoms. The van der Waals surface area contributed by atoms with Crippen LogP contribution in [0.1, 0.15) is 27.5 Å². The third kappa shape index (κ3) is 4.61. The largest absolute Gasteiger partial charge is 0.301 e.